The Morgan fingerprint density at radius 2 is 1.61 bits per heavy atom. The summed E-state index contributed by atoms with van der Waals surface area (Å²) < 4.78 is 0. The summed E-state index contributed by atoms with van der Waals surface area (Å²) in [5.74, 6) is 1.07. The Hall–Kier alpha value is -0.563. The zero-order valence-corrected chi connectivity index (χ0v) is 12.3. The van der Waals surface area contributed by atoms with Crippen LogP contribution in [0.5, 0.6) is 0 Å². The van der Waals surface area contributed by atoms with Crippen molar-refractivity contribution < 1.29 is 0 Å². The van der Waals surface area contributed by atoms with Gasteiger partial charge in [-0.25, -0.2) is 0 Å². The third-order valence-electron chi connectivity index (χ3n) is 5.24. The van der Waals surface area contributed by atoms with Gasteiger partial charge in [0.05, 0.1) is 9.52 Å². The number of benzene rings is 1. The highest BCUT2D eigenvalue weighted by Gasteiger charge is 2.41. The van der Waals surface area contributed by atoms with E-state index in [4.69, 9.17) is 0 Å². The van der Waals surface area contributed by atoms with Gasteiger partial charge in [0.1, 0.15) is 0 Å². The Morgan fingerprint density at radius 1 is 0.944 bits per heavy atom. The molecule has 0 atom stereocenters. The lowest BCUT2D eigenvalue weighted by molar-refractivity contribution is 0.0649. The summed E-state index contributed by atoms with van der Waals surface area (Å²) >= 11 is 0. The number of rotatable bonds is 3. The van der Waals surface area contributed by atoms with Crippen molar-refractivity contribution in [1.29, 1.82) is 0 Å². The van der Waals surface area contributed by atoms with Crippen LogP contribution in [0.3, 0.4) is 0 Å². The molecule has 1 aromatic carbocycles. The molecule has 0 aliphatic heterocycles. The molecule has 1 heteroatoms. The summed E-state index contributed by atoms with van der Waals surface area (Å²) in [6.07, 6.45) is 12.1. The van der Waals surface area contributed by atoms with Crippen LogP contribution in [0.15, 0.2) is 30.3 Å². The van der Waals surface area contributed by atoms with Crippen molar-refractivity contribution in [3.63, 3.8) is 0 Å². The predicted molar refractivity (Wildman–Crippen MR) is 79.5 cm³/mol. The minimum absolute atomic E-state index is 0.741. The average molecular weight is 256 g/mol. The highest BCUT2D eigenvalue weighted by Crippen LogP contribution is 2.52. The van der Waals surface area contributed by atoms with E-state index >= 15 is 0 Å². The minimum atomic E-state index is 0.741. The van der Waals surface area contributed by atoms with Gasteiger partial charge < -0.3 is 0 Å². The van der Waals surface area contributed by atoms with Crippen LogP contribution in [-0.4, -0.2) is 9.52 Å². The molecule has 0 N–H and O–H groups in total. The van der Waals surface area contributed by atoms with E-state index in [9.17, 15) is 0 Å². The topological polar surface area (TPSA) is 0 Å². The maximum Gasteiger partial charge on any atom is 0.0813 e. The third-order valence-corrected chi connectivity index (χ3v) is 6.86. The molecule has 2 radical (unpaired) electrons. The first kappa shape index (κ1) is 12.5. The normalized spacial score (nSPS) is 31.9. The van der Waals surface area contributed by atoms with Gasteiger partial charge in [-0.1, -0.05) is 67.2 Å². The van der Waals surface area contributed by atoms with Gasteiger partial charge in [-0.2, -0.15) is 0 Å². The number of fused-ring (bicyclic) bond motifs is 1. The molecular formula is C17H24Si. The minimum Gasteiger partial charge on any atom is -0.0642 e. The maximum atomic E-state index is 2.32. The van der Waals surface area contributed by atoms with Crippen molar-refractivity contribution in [1.82, 2.24) is 0 Å². The molecule has 18 heavy (non-hydrogen) atoms. The van der Waals surface area contributed by atoms with E-state index in [0.29, 0.717) is 0 Å². The fourth-order valence-corrected chi connectivity index (χ4v) is 5.81. The van der Waals surface area contributed by atoms with Gasteiger partial charge in [-0.3, -0.25) is 0 Å². The van der Waals surface area contributed by atoms with Gasteiger partial charge in [0, 0.05) is 0 Å². The second-order valence-corrected chi connectivity index (χ2v) is 7.55. The van der Waals surface area contributed by atoms with Crippen LogP contribution >= 0.6 is 0 Å². The monoisotopic (exact) mass is 256 g/mol. The molecule has 2 saturated carbocycles. The Bertz CT molecular complexity index is 358. The predicted octanol–water partition coefficient (Wildman–Crippen LogP) is 4.19. The van der Waals surface area contributed by atoms with E-state index in [1.54, 1.807) is 5.19 Å². The average Bonchev–Trinajstić information content (AvgIpc) is 2.46. The first-order chi connectivity index (χ1) is 8.89. The van der Waals surface area contributed by atoms with Crippen LogP contribution in [0.25, 0.3) is 0 Å². The molecule has 0 amide bonds. The molecule has 2 aliphatic carbocycles. The molecule has 0 aromatic heterocycles. The third kappa shape index (κ3) is 2.56. The van der Waals surface area contributed by atoms with Gasteiger partial charge in [0.15, 0.2) is 0 Å². The second-order valence-electron chi connectivity index (χ2n) is 6.27. The van der Waals surface area contributed by atoms with E-state index in [1.165, 1.54) is 57.4 Å². The van der Waals surface area contributed by atoms with Crippen LogP contribution in [-0.2, 0) is 0 Å². The lowest BCUT2D eigenvalue weighted by atomic mass is 9.60. The van der Waals surface area contributed by atoms with Gasteiger partial charge in [0.2, 0.25) is 0 Å². The molecule has 0 heterocycles. The van der Waals surface area contributed by atoms with Crippen molar-refractivity contribution in [3.8, 4) is 0 Å². The van der Waals surface area contributed by atoms with Crippen molar-refractivity contribution in [3.05, 3.63) is 30.3 Å². The number of hydrogen-bond donors (Lipinski definition) is 0. The quantitative estimate of drug-likeness (QED) is 0.712. The molecule has 2 aliphatic rings. The van der Waals surface area contributed by atoms with E-state index in [1.807, 2.05) is 0 Å². The molecular weight excluding hydrogens is 232 g/mol. The van der Waals surface area contributed by atoms with Crippen molar-refractivity contribution in [2.24, 2.45) is 11.3 Å². The van der Waals surface area contributed by atoms with Crippen molar-refractivity contribution in [2.45, 2.75) is 57.4 Å². The van der Waals surface area contributed by atoms with Crippen molar-refractivity contribution in [2.75, 3.05) is 0 Å². The lowest BCUT2D eigenvalue weighted by Crippen LogP contribution is -2.38. The van der Waals surface area contributed by atoms with E-state index < -0.39 is 0 Å². The first-order valence-corrected chi connectivity index (χ1v) is 8.89. The first-order valence-electron chi connectivity index (χ1n) is 7.68. The zero-order chi connectivity index (χ0) is 12.3. The largest absolute Gasteiger partial charge is 0.0813 e. The molecule has 2 fully saturated rings. The van der Waals surface area contributed by atoms with Crippen LogP contribution < -0.4 is 5.19 Å². The molecule has 0 nitrogen and oxygen atoms in total. The number of hydrogen-bond acceptors (Lipinski definition) is 0. The highest BCUT2D eigenvalue weighted by atomic mass is 28.2. The van der Waals surface area contributed by atoms with Crippen LogP contribution in [0.4, 0.5) is 0 Å². The Morgan fingerprint density at radius 3 is 2.28 bits per heavy atom. The molecule has 0 bridgehead atoms. The highest BCUT2D eigenvalue weighted by molar-refractivity contribution is 6.53. The molecule has 0 unspecified atom stereocenters. The van der Waals surface area contributed by atoms with Crippen LogP contribution in [0, 0.1) is 11.3 Å². The fourth-order valence-electron chi connectivity index (χ4n) is 4.18. The van der Waals surface area contributed by atoms with Gasteiger partial charge in [0.25, 0.3) is 0 Å². The second kappa shape index (κ2) is 5.60. The van der Waals surface area contributed by atoms with E-state index in [-0.39, 0.29) is 0 Å². The van der Waals surface area contributed by atoms with Crippen LogP contribution in [0.1, 0.15) is 51.4 Å². The molecule has 0 saturated heterocycles. The standard InChI is InChI=1S/C17H24Si/c1-2-10-16(11-3-1)18-14-17-12-6-4-8-15(17)9-5-7-13-17/h1-3,10-11,15H,4-9,12-14H2. The molecule has 96 valence electrons. The van der Waals surface area contributed by atoms with Crippen molar-refractivity contribution >= 4 is 14.7 Å². The molecule has 0 spiro atoms. The lowest BCUT2D eigenvalue weighted by Gasteiger charge is -2.48. The summed E-state index contributed by atoms with van der Waals surface area (Å²) in [5.41, 5.74) is 0.741. The summed E-state index contributed by atoms with van der Waals surface area (Å²) in [7, 11) is 1.04. The van der Waals surface area contributed by atoms with Crippen LogP contribution in [0.2, 0.25) is 6.04 Å². The SMILES string of the molecule is c1ccc([Si]CC23CCCCC2CCCC3)cc1. The Kier molecular flexibility index (Phi) is 3.88. The summed E-state index contributed by atoms with van der Waals surface area (Å²) in [6, 6.07) is 12.6. The van der Waals surface area contributed by atoms with Gasteiger partial charge in [-0.15, -0.1) is 0 Å². The maximum absolute atomic E-state index is 2.32. The smallest absolute Gasteiger partial charge is 0.0642 e. The van der Waals surface area contributed by atoms with Gasteiger partial charge in [-0.05, 0) is 37.0 Å². The summed E-state index contributed by atoms with van der Waals surface area (Å²) in [4.78, 5) is 0. The Balaban J connectivity index is 1.68. The van der Waals surface area contributed by atoms with E-state index in [2.05, 4.69) is 30.3 Å². The zero-order valence-electron chi connectivity index (χ0n) is 11.3. The molecule has 1 aromatic rings. The van der Waals surface area contributed by atoms with Gasteiger partial charge >= 0.3 is 0 Å². The molecule has 3 rings (SSSR count). The Labute approximate surface area is 114 Å². The summed E-state index contributed by atoms with van der Waals surface area (Å²) in [5, 5.41) is 1.57. The fraction of sp³-hybridized carbons (Fsp3) is 0.647. The van der Waals surface area contributed by atoms with E-state index in [0.717, 1.165) is 20.9 Å². The summed E-state index contributed by atoms with van der Waals surface area (Å²) in [6.45, 7) is 0.